The molecule has 2 heterocycles. The van der Waals surface area contributed by atoms with Crippen molar-refractivity contribution in [3.8, 4) is 60.7 Å². The van der Waals surface area contributed by atoms with Gasteiger partial charge in [-0.1, -0.05) is 21.9 Å². The van der Waals surface area contributed by atoms with Crippen molar-refractivity contribution in [1.29, 1.82) is 0 Å². The number of benzene rings is 2. The number of nitrogens with zero attached hydrogens (tertiary/aromatic N) is 4. The molecule has 2 aromatic carbocycles. The van der Waals surface area contributed by atoms with Gasteiger partial charge in [0.25, 0.3) is 0 Å². The fourth-order valence-corrected chi connectivity index (χ4v) is 4.29. The van der Waals surface area contributed by atoms with Crippen LogP contribution in [-0.2, 0) is 14.8 Å². The largest absolute Gasteiger partial charge is 0.442 e. The lowest BCUT2D eigenvalue weighted by Gasteiger charge is -2.19. The minimum absolute atomic E-state index is 0.364. The lowest BCUT2D eigenvalue weighted by atomic mass is 10.1. The molecule has 0 aliphatic rings. The molecule has 4 rings (SSSR count). The molecular formula is C39H39BrF2N4O4. The van der Waals surface area contributed by atoms with E-state index in [0.29, 0.717) is 38.9 Å². The van der Waals surface area contributed by atoms with Crippen molar-refractivity contribution < 1.29 is 27.8 Å². The minimum Gasteiger partial charge on any atom is -0.442 e. The monoisotopic (exact) mass is 744 g/mol. The van der Waals surface area contributed by atoms with Crippen molar-refractivity contribution in [2.75, 3.05) is 0 Å². The van der Waals surface area contributed by atoms with Crippen LogP contribution in [0, 0.1) is 93.1 Å². The quantitative estimate of drug-likeness (QED) is 0.143. The number of terminal acetylenes is 3. The van der Waals surface area contributed by atoms with Crippen molar-refractivity contribution in [2.24, 2.45) is 0 Å². The second-order valence-electron chi connectivity index (χ2n) is 12.2. The summed E-state index contributed by atoms with van der Waals surface area (Å²) < 4.78 is 40.3. The Morgan fingerprint density at radius 3 is 1.48 bits per heavy atom. The molecule has 0 radical (unpaired) electrons. The summed E-state index contributed by atoms with van der Waals surface area (Å²) in [6, 6.07) is 6.01. The molecular weight excluding hydrogens is 706 g/mol. The van der Waals surface area contributed by atoms with E-state index in [2.05, 4.69) is 67.6 Å². The summed E-state index contributed by atoms with van der Waals surface area (Å²) in [5.74, 6) is 14.9. The summed E-state index contributed by atoms with van der Waals surface area (Å²) in [5.41, 5.74) is 1.99. The third-order valence-electron chi connectivity index (χ3n) is 5.86. The maximum Gasteiger partial charge on any atom is 0.435 e. The van der Waals surface area contributed by atoms with Gasteiger partial charge in [0.05, 0.1) is 22.4 Å². The van der Waals surface area contributed by atoms with Crippen LogP contribution in [0.1, 0.15) is 71.0 Å². The van der Waals surface area contributed by atoms with Crippen LogP contribution in [0.25, 0.3) is 21.8 Å². The Kier molecular flexibility index (Phi) is 16.0. The van der Waals surface area contributed by atoms with E-state index in [4.69, 9.17) is 28.7 Å². The molecule has 0 saturated heterocycles. The summed E-state index contributed by atoms with van der Waals surface area (Å²) in [4.78, 5) is 24.1. The number of aromatic nitrogens is 4. The molecule has 50 heavy (non-hydrogen) atoms. The molecule has 0 unspecified atom stereocenters. The number of alkyl halides is 1. The molecule has 0 N–H and O–H groups in total. The van der Waals surface area contributed by atoms with Gasteiger partial charge in [0.15, 0.2) is 0 Å². The maximum atomic E-state index is 13.9. The molecule has 0 bridgehead atoms. The van der Waals surface area contributed by atoms with Crippen LogP contribution >= 0.6 is 15.9 Å². The molecule has 260 valence electrons. The number of carbonyl (C=O) groups excluding carboxylic acids is 2. The number of hydrogen-bond acceptors (Lipinski definition) is 6. The number of rotatable bonds is 1. The third kappa shape index (κ3) is 12.8. The molecule has 0 fully saturated rings. The Labute approximate surface area is 301 Å². The number of aryl methyl sites for hydroxylation is 3. The van der Waals surface area contributed by atoms with Gasteiger partial charge in [0, 0.05) is 28.2 Å². The maximum absolute atomic E-state index is 13.9. The normalized spacial score (nSPS) is 9.96. The molecule has 0 atom stereocenters. The van der Waals surface area contributed by atoms with Crippen molar-refractivity contribution in [3.05, 3.63) is 58.4 Å². The van der Waals surface area contributed by atoms with Gasteiger partial charge < -0.3 is 9.47 Å². The number of halogens is 3. The summed E-state index contributed by atoms with van der Waals surface area (Å²) in [6.45, 7) is 17.6. The fourth-order valence-electron chi connectivity index (χ4n) is 3.86. The minimum atomic E-state index is -0.627. The molecule has 0 saturated carbocycles. The van der Waals surface area contributed by atoms with E-state index in [9.17, 15) is 18.4 Å². The molecule has 0 aliphatic heterocycles. The summed E-state index contributed by atoms with van der Waals surface area (Å²) in [5, 5.41) is 10.2. The van der Waals surface area contributed by atoms with Crippen LogP contribution in [-0.4, -0.2) is 42.9 Å². The average Bonchev–Trinajstić information content (AvgIpc) is 3.50. The molecule has 0 aliphatic carbocycles. The third-order valence-corrected chi connectivity index (χ3v) is 6.46. The highest BCUT2D eigenvalue weighted by Gasteiger charge is 2.23. The Bertz CT molecular complexity index is 2100. The van der Waals surface area contributed by atoms with E-state index < -0.39 is 23.4 Å². The summed E-state index contributed by atoms with van der Waals surface area (Å²) >= 11 is 3.24. The van der Waals surface area contributed by atoms with Crippen LogP contribution in [0.5, 0.6) is 0 Å². The SMILES string of the molecule is C#CC#CC.C#CC#CC#C.Cc1cc2c(C)nn(C(=O)OC(C)(C)C)c2cc1F.Cc1nn(C(=O)OC(C)(C)C)c2cc(F)c(CBr)cc12. The van der Waals surface area contributed by atoms with E-state index in [1.165, 1.54) is 12.1 Å². The fraction of sp³-hybridized carbons (Fsp3) is 0.333. The molecule has 11 heteroatoms. The van der Waals surface area contributed by atoms with Crippen molar-refractivity contribution >= 4 is 49.9 Å². The first-order valence-electron chi connectivity index (χ1n) is 14.9. The highest BCUT2D eigenvalue weighted by molar-refractivity contribution is 9.08. The van der Waals surface area contributed by atoms with Gasteiger partial charge in [0.2, 0.25) is 0 Å². The van der Waals surface area contributed by atoms with E-state index in [-0.39, 0.29) is 11.6 Å². The Hall–Kier alpha value is -5.54. The van der Waals surface area contributed by atoms with Crippen LogP contribution in [0.4, 0.5) is 18.4 Å². The Morgan fingerprint density at radius 2 is 1.14 bits per heavy atom. The number of ether oxygens (including phenoxy) is 2. The average molecular weight is 746 g/mol. The number of fused-ring (bicyclic) bond motifs is 2. The van der Waals surface area contributed by atoms with Gasteiger partial charge in [0.1, 0.15) is 22.8 Å². The zero-order chi connectivity index (χ0) is 38.4. The van der Waals surface area contributed by atoms with E-state index in [0.717, 1.165) is 20.1 Å². The first-order valence-corrected chi connectivity index (χ1v) is 16.0. The van der Waals surface area contributed by atoms with Crippen LogP contribution in [0.3, 0.4) is 0 Å². The van der Waals surface area contributed by atoms with Gasteiger partial charge in [-0.15, -0.1) is 19.3 Å². The van der Waals surface area contributed by atoms with Gasteiger partial charge >= 0.3 is 12.2 Å². The second-order valence-corrected chi connectivity index (χ2v) is 12.8. The molecule has 0 amide bonds. The van der Waals surface area contributed by atoms with E-state index >= 15 is 0 Å². The Balaban J connectivity index is 0.000000387. The molecule has 2 aromatic heterocycles. The van der Waals surface area contributed by atoms with Crippen LogP contribution in [0.2, 0.25) is 0 Å². The van der Waals surface area contributed by atoms with Gasteiger partial charge in [-0.2, -0.15) is 19.6 Å². The molecule has 0 spiro atoms. The summed E-state index contributed by atoms with van der Waals surface area (Å²) in [7, 11) is 0. The topological polar surface area (TPSA) is 88.2 Å². The lowest BCUT2D eigenvalue weighted by molar-refractivity contribution is 0.0511. The predicted octanol–water partition coefficient (Wildman–Crippen LogP) is 8.64. The van der Waals surface area contributed by atoms with E-state index in [1.807, 2.05) is 0 Å². The Morgan fingerprint density at radius 1 is 0.740 bits per heavy atom. The van der Waals surface area contributed by atoms with Crippen molar-refractivity contribution in [2.45, 2.75) is 85.8 Å². The van der Waals surface area contributed by atoms with Crippen LogP contribution in [0.15, 0.2) is 24.3 Å². The first kappa shape index (κ1) is 42.5. The van der Waals surface area contributed by atoms with Crippen molar-refractivity contribution in [3.63, 3.8) is 0 Å². The number of carbonyl (C=O) groups is 2. The number of hydrogen-bond donors (Lipinski definition) is 0. The van der Waals surface area contributed by atoms with E-state index in [1.54, 1.807) is 81.4 Å². The molecule has 4 aromatic rings. The lowest BCUT2D eigenvalue weighted by Crippen LogP contribution is -2.27. The standard InChI is InChI=1S/C14H16BrFN2O2.C14H17FN2O2.C6H2.C5H4/c1-8-10-5-9(7-15)11(16)6-12(10)18(17-8)13(19)20-14(2,3)4;1-8-6-10-9(2)16-17(12(10)7-11(8)15)13(18)19-14(3,4)5;1-3-5-6-4-2;1-3-5-4-2/h5-6H,7H2,1-4H3;6-7H,1-5H3;1-2H;1H,2H3. The zero-order valence-electron chi connectivity index (χ0n) is 29.8. The first-order chi connectivity index (χ1) is 23.2. The van der Waals surface area contributed by atoms with Crippen molar-refractivity contribution in [1.82, 2.24) is 19.6 Å². The summed E-state index contributed by atoms with van der Waals surface area (Å²) in [6.07, 6.45) is 12.9. The zero-order valence-corrected chi connectivity index (χ0v) is 31.4. The second kappa shape index (κ2) is 18.9. The van der Waals surface area contributed by atoms with Crippen LogP contribution < -0.4 is 0 Å². The molecule has 8 nitrogen and oxygen atoms in total. The predicted molar refractivity (Wildman–Crippen MR) is 197 cm³/mol. The highest BCUT2D eigenvalue weighted by atomic mass is 79.9. The highest BCUT2D eigenvalue weighted by Crippen LogP contribution is 2.25. The van der Waals surface area contributed by atoms with Gasteiger partial charge in [-0.05, 0) is 128 Å². The van der Waals surface area contributed by atoms with Gasteiger partial charge in [-0.3, -0.25) is 0 Å². The van der Waals surface area contributed by atoms with Gasteiger partial charge in [-0.25, -0.2) is 18.4 Å². The smallest absolute Gasteiger partial charge is 0.435 e.